The van der Waals surface area contributed by atoms with Crippen molar-refractivity contribution in [3.63, 3.8) is 0 Å². The lowest BCUT2D eigenvalue weighted by Crippen LogP contribution is -2.58. The van der Waals surface area contributed by atoms with E-state index in [4.69, 9.17) is 4.74 Å². The van der Waals surface area contributed by atoms with Gasteiger partial charge in [0.2, 0.25) is 0 Å². The first kappa shape index (κ1) is 18.7. The first-order chi connectivity index (χ1) is 13.0. The van der Waals surface area contributed by atoms with Gasteiger partial charge in [0.1, 0.15) is 0 Å². The molecule has 3 fully saturated rings. The molecule has 3 aliphatic rings. The summed E-state index contributed by atoms with van der Waals surface area (Å²) in [5, 5.41) is 8.07. The third-order valence-electron chi connectivity index (χ3n) is 6.40. The SMILES string of the molecule is Cc1cc(C)n(C2CCN(C(=O)NC3(CN4CCOCC4)CCCC3)C2)n1. The van der Waals surface area contributed by atoms with Crippen LogP contribution in [-0.2, 0) is 4.74 Å². The normalized spacial score (nSPS) is 25.9. The van der Waals surface area contributed by atoms with Gasteiger partial charge >= 0.3 is 6.03 Å². The van der Waals surface area contributed by atoms with E-state index in [1.54, 1.807) is 0 Å². The fourth-order valence-electron chi connectivity index (χ4n) is 5.01. The first-order valence-corrected chi connectivity index (χ1v) is 10.4. The second-order valence-electron chi connectivity index (χ2n) is 8.57. The van der Waals surface area contributed by atoms with Crippen LogP contribution in [0.2, 0.25) is 0 Å². The zero-order chi connectivity index (χ0) is 18.9. The van der Waals surface area contributed by atoms with Crippen molar-refractivity contribution in [2.75, 3.05) is 45.9 Å². The van der Waals surface area contributed by atoms with Crippen molar-refractivity contribution in [3.8, 4) is 0 Å². The minimum atomic E-state index is -0.0648. The standard InChI is InChI=1S/C20H33N5O2/c1-16-13-17(2)25(22-16)18-5-8-24(14-18)19(26)21-20(6-3-4-7-20)15-23-9-11-27-12-10-23/h13,18H,3-12,14-15H2,1-2H3,(H,21,26). The summed E-state index contributed by atoms with van der Waals surface area (Å²) in [6.45, 7) is 10.2. The van der Waals surface area contributed by atoms with Gasteiger partial charge in [-0.15, -0.1) is 0 Å². The van der Waals surface area contributed by atoms with Crippen LogP contribution in [0.4, 0.5) is 4.79 Å². The Morgan fingerprint density at radius 1 is 1.26 bits per heavy atom. The fourth-order valence-corrected chi connectivity index (χ4v) is 5.01. The number of rotatable bonds is 4. The van der Waals surface area contributed by atoms with Gasteiger partial charge in [0.25, 0.3) is 0 Å². The molecule has 0 spiro atoms. The summed E-state index contributed by atoms with van der Waals surface area (Å²) < 4.78 is 7.58. The van der Waals surface area contributed by atoms with Crippen LogP contribution in [0.5, 0.6) is 0 Å². The maximum absolute atomic E-state index is 13.1. The molecule has 7 nitrogen and oxygen atoms in total. The van der Waals surface area contributed by atoms with E-state index >= 15 is 0 Å². The number of carbonyl (C=O) groups is 1. The van der Waals surface area contributed by atoms with E-state index in [1.165, 1.54) is 18.5 Å². The molecule has 3 heterocycles. The van der Waals surface area contributed by atoms with Crippen LogP contribution < -0.4 is 5.32 Å². The summed E-state index contributed by atoms with van der Waals surface area (Å²) in [5.41, 5.74) is 2.16. The van der Waals surface area contributed by atoms with Crippen LogP contribution in [0.1, 0.15) is 49.5 Å². The summed E-state index contributed by atoms with van der Waals surface area (Å²) in [7, 11) is 0. The van der Waals surface area contributed by atoms with E-state index in [9.17, 15) is 4.79 Å². The number of nitrogens with one attached hydrogen (secondary N) is 1. The number of ether oxygens (including phenoxy) is 1. The molecule has 1 N–H and O–H groups in total. The highest BCUT2D eigenvalue weighted by Crippen LogP contribution is 2.32. The lowest BCUT2D eigenvalue weighted by atomic mass is 9.96. The highest BCUT2D eigenvalue weighted by Gasteiger charge is 2.39. The molecule has 2 amide bonds. The fraction of sp³-hybridized carbons (Fsp3) is 0.800. The monoisotopic (exact) mass is 375 g/mol. The number of aryl methyl sites for hydroxylation is 2. The molecule has 7 heteroatoms. The summed E-state index contributed by atoms with van der Waals surface area (Å²) in [6.07, 6.45) is 5.57. The average Bonchev–Trinajstić information content (AvgIpc) is 3.36. The third-order valence-corrected chi connectivity index (χ3v) is 6.40. The second kappa shape index (κ2) is 7.80. The van der Waals surface area contributed by atoms with E-state index in [-0.39, 0.29) is 11.6 Å². The summed E-state index contributed by atoms with van der Waals surface area (Å²) >= 11 is 0. The van der Waals surface area contributed by atoms with Gasteiger partial charge in [0.15, 0.2) is 0 Å². The van der Waals surface area contributed by atoms with Crippen LogP contribution in [-0.4, -0.2) is 77.1 Å². The van der Waals surface area contributed by atoms with Crippen molar-refractivity contribution in [1.29, 1.82) is 0 Å². The van der Waals surface area contributed by atoms with E-state index < -0.39 is 0 Å². The Morgan fingerprint density at radius 2 is 2.00 bits per heavy atom. The Hall–Kier alpha value is -1.60. The Labute approximate surface area is 162 Å². The summed E-state index contributed by atoms with van der Waals surface area (Å²) in [4.78, 5) is 17.5. The van der Waals surface area contributed by atoms with E-state index in [0.29, 0.717) is 6.04 Å². The average molecular weight is 376 g/mol. The third kappa shape index (κ3) is 4.14. The number of hydrogen-bond donors (Lipinski definition) is 1. The van der Waals surface area contributed by atoms with Crippen LogP contribution in [0.3, 0.4) is 0 Å². The van der Waals surface area contributed by atoms with Gasteiger partial charge in [0.05, 0.1) is 30.5 Å². The van der Waals surface area contributed by atoms with Crippen molar-refractivity contribution in [2.45, 2.75) is 57.5 Å². The molecule has 2 saturated heterocycles. The molecule has 4 rings (SSSR count). The predicted octanol–water partition coefficient (Wildman–Crippen LogP) is 2.10. The van der Waals surface area contributed by atoms with Gasteiger partial charge < -0.3 is 15.0 Å². The largest absolute Gasteiger partial charge is 0.379 e. The Bertz CT molecular complexity index is 661. The highest BCUT2D eigenvalue weighted by molar-refractivity contribution is 5.75. The van der Waals surface area contributed by atoms with E-state index in [2.05, 4.69) is 33.0 Å². The van der Waals surface area contributed by atoms with Gasteiger partial charge in [-0.05, 0) is 39.2 Å². The summed E-state index contributed by atoms with van der Waals surface area (Å²) in [5.74, 6) is 0. The van der Waals surface area contributed by atoms with Crippen molar-refractivity contribution < 1.29 is 9.53 Å². The molecule has 1 saturated carbocycles. The van der Waals surface area contributed by atoms with E-state index in [1.807, 2.05) is 11.8 Å². The Kier molecular flexibility index (Phi) is 5.41. The van der Waals surface area contributed by atoms with E-state index in [0.717, 1.165) is 70.9 Å². The van der Waals surface area contributed by atoms with Gasteiger partial charge in [-0.25, -0.2) is 4.79 Å². The molecule has 1 unspecified atom stereocenters. The molecule has 0 bridgehead atoms. The molecule has 1 atom stereocenters. The zero-order valence-corrected chi connectivity index (χ0v) is 16.7. The van der Waals surface area contributed by atoms with Crippen molar-refractivity contribution in [2.24, 2.45) is 0 Å². The quantitative estimate of drug-likeness (QED) is 0.875. The van der Waals surface area contributed by atoms with Crippen LogP contribution in [0.15, 0.2) is 6.07 Å². The minimum Gasteiger partial charge on any atom is -0.379 e. The molecular formula is C20H33N5O2. The zero-order valence-electron chi connectivity index (χ0n) is 16.7. The lowest BCUT2D eigenvalue weighted by molar-refractivity contribution is 0.0246. The Balaban J connectivity index is 1.37. The number of urea groups is 1. The van der Waals surface area contributed by atoms with Crippen LogP contribution in [0, 0.1) is 13.8 Å². The second-order valence-corrected chi connectivity index (χ2v) is 8.57. The number of aromatic nitrogens is 2. The number of likely N-dealkylation sites (tertiary alicyclic amines) is 1. The molecule has 1 aromatic heterocycles. The number of morpholine rings is 1. The number of carbonyl (C=O) groups excluding carboxylic acids is 1. The van der Waals surface area contributed by atoms with Crippen molar-refractivity contribution in [1.82, 2.24) is 24.9 Å². The highest BCUT2D eigenvalue weighted by atomic mass is 16.5. The van der Waals surface area contributed by atoms with Crippen LogP contribution >= 0.6 is 0 Å². The minimum absolute atomic E-state index is 0.0648. The molecule has 1 aliphatic carbocycles. The molecular weight excluding hydrogens is 342 g/mol. The van der Waals surface area contributed by atoms with Crippen LogP contribution in [0.25, 0.3) is 0 Å². The molecule has 27 heavy (non-hydrogen) atoms. The molecule has 1 aromatic rings. The maximum Gasteiger partial charge on any atom is 0.317 e. The first-order valence-electron chi connectivity index (χ1n) is 10.4. The molecule has 2 aliphatic heterocycles. The van der Waals surface area contributed by atoms with Crippen molar-refractivity contribution >= 4 is 6.03 Å². The summed E-state index contributed by atoms with van der Waals surface area (Å²) in [6, 6.07) is 2.51. The van der Waals surface area contributed by atoms with Crippen molar-refractivity contribution in [3.05, 3.63) is 17.5 Å². The maximum atomic E-state index is 13.1. The van der Waals surface area contributed by atoms with Gasteiger partial charge in [-0.3, -0.25) is 9.58 Å². The molecule has 0 aromatic carbocycles. The van der Waals surface area contributed by atoms with Gasteiger partial charge in [0, 0.05) is 38.4 Å². The molecule has 0 radical (unpaired) electrons. The smallest absolute Gasteiger partial charge is 0.317 e. The topological polar surface area (TPSA) is 62.6 Å². The number of amides is 2. The van der Waals surface area contributed by atoms with Gasteiger partial charge in [-0.2, -0.15) is 5.10 Å². The lowest BCUT2D eigenvalue weighted by Gasteiger charge is -2.38. The Morgan fingerprint density at radius 3 is 2.67 bits per heavy atom. The molecule has 150 valence electrons. The predicted molar refractivity (Wildman–Crippen MR) is 104 cm³/mol. The number of nitrogens with zero attached hydrogens (tertiary/aromatic N) is 4. The van der Waals surface area contributed by atoms with Gasteiger partial charge in [-0.1, -0.05) is 12.8 Å². The number of hydrogen-bond acceptors (Lipinski definition) is 4.